The van der Waals surface area contributed by atoms with Crippen molar-refractivity contribution < 1.29 is 43.7 Å². The number of carbonyl (C=O) groups excluding carboxylic acids is 1. The summed E-state index contributed by atoms with van der Waals surface area (Å²) in [6.07, 6.45) is -1.86. The molecule has 118 valence electrons. The largest absolute Gasteiger partial charge is 0.512 e. The molecule has 20 heavy (non-hydrogen) atoms. The van der Waals surface area contributed by atoms with E-state index in [0.717, 1.165) is 6.92 Å². The summed E-state index contributed by atoms with van der Waals surface area (Å²) in [5, 5.41) is 0. The number of sulfonamides is 1. The molecule has 0 aromatic heterocycles. The number of esters is 1. The molecular formula is C7H10F3NO7S2. The molecule has 0 saturated heterocycles. The number of hydrogen-bond acceptors (Lipinski definition) is 7. The highest BCUT2D eigenvalue weighted by Gasteiger charge is 2.48. The van der Waals surface area contributed by atoms with Crippen LogP contribution in [0.3, 0.4) is 0 Å². The quantitative estimate of drug-likeness (QED) is 0.415. The molecule has 13 heteroatoms. The Balaban J connectivity index is 4.87. The summed E-state index contributed by atoms with van der Waals surface area (Å²) in [5.74, 6) is -1.08. The van der Waals surface area contributed by atoms with Crippen molar-refractivity contribution in [2.24, 2.45) is 0 Å². The highest BCUT2D eigenvalue weighted by Crippen LogP contribution is 2.22. The molecule has 0 aromatic rings. The highest BCUT2D eigenvalue weighted by molar-refractivity contribution is 8.03. The molecule has 0 saturated carbocycles. The van der Waals surface area contributed by atoms with Crippen molar-refractivity contribution in [2.75, 3.05) is 0 Å². The van der Waals surface area contributed by atoms with Gasteiger partial charge in [-0.3, -0.25) is 0 Å². The summed E-state index contributed by atoms with van der Waals surface area (Å²) >= 11 is 0. The van der Waals surface area contributed by atoms with E-state index >= 15 is 0 Å². The number of alkyl halides is 3. The van der Waals surface area contributed by atoms with Gasteiger partial charge in [-0.2, -0.15) is 21.6 Å². The maximum absolute atomic E-state index is 11.9. The van der Waals surface area contributed by atoms with Crippen LogP contribution >= 0.6 is 0 Å². The van der Waals surface area contributed by atoms with Crippen LogP contribution in [-0.2, 0) is 34.0 Å². The Kier molecular flexibility index (Phi) is 5.71. The summed E-state index contributed by atoms with van der Waals surface area (Å²) < 4.78 is 87.5. The van der Waals surface area contributed by atoms with E-state index in [2.05, 4.69) is 15.5 Å². The molecule has 1 N–H and O–H groups in total. The lowest BCUT2D eigenvalue weighted by Gasteiger charge is -2.15. The predicted molar refractivity (Wildman–Crippen MR) is 58.5 cm³/mol. The Bertz CT molecular complexity index is 592. The molecule has 1 atom stereocenters. The van der Waals surface area contributed by atoms with E-state index in [4.69, 9.17) is 0 Å². The highest BCUT2D eigenvalue weighted by atomic mass is 32.3. The van der Waals surface area contributed by atoms with Gasteiger partial charge in [-0.15, -0.1) is 0 Å². The first-order valence-electron chi connectivity index (χ1n) is 4.57. The summed E-state index contributed by atoms with van der Waals surface area (Å²) in [6.45, 7) is 5.22. The van der Waals surface area contributed by atoms with Crippen LogP contribution in [0.5, 0.6) is 0 Å². The molecule has 0 fully saturated rings. The molecule has 1 unspecified atom stereocenters. The summed E-state index contributed by atoms with van der Waals surface area (Å²) in [7, 11) is -11.5. The van der Waals surface area contributed by atoms with Gasteiger partial charge in [0.05, 0.1) is 0 Å². The van der Waals surface area contributed by atoms with E-state index in [1.165, 1.54) is 6.92 Å². The van der Waals surface area contributed by atoms with Gasteiger partial charge in [-0.25, -0.2) is 17.4 Å². The molecule has 0 aliphatic rings. The van der Waals surface area contributed by atoms with E-state index in [1.54, 1.807) is 0 Å². The molecule has 0 aliphatic heterocycles. The molecule has 0 aromatic carbocycles. The monoisotopic (exact) mass is 341 g/mol. The normalized spacial score (nSPS) is 14.7. The predicted octanol–water partition coefficient (Wildman–Crippen LogP) is 0.152. The van der Waals surface area contributed by atoms with Gasteiger partial charge in [0, 0.05) is 5.57 Å². The molecule has 8 nitrogen and oxygen atoms in total. The van der Waals surface area contributed by atoms with E-state index in [0.29, 0.717) is 0 Å². The van der Waals surface area contributed by atoms with Gasteiger partial charge >= 0.3 is 31.8 Å². The van der Waals surface area contributed by atoms with Gasteiger partial charge in [-0.05, 0) is 13.8 Å². The van der Waals surface area contributed by atoms with Crippen LogP contribution in [0.2, 0.25) is 0 Å². The van der Waals surface area contributed by atoms with Crippen LogP contribution in [0.1, 0.15) is 13.8 Å². The van der Waals surface area contributed by atoms with E-state index in [9.17, 15) is 34.8 Å². The molecule has 0 aliphatic carbocycles. The van der Waals surface area contributed by atoms with Gasteiger partial charge < -0.3 is 4.74 Å². The molecule has 0 rings (SSSR count). The van der Waals surface area contributed by atoms with Crippen LogP contribution in [0.15, 0.2) is 12.2 Å². The van der Waals surface area contributed by atoms with Crippen molar-refractivity contribution in [3.63, 3.8) is 0 Å². The summed E-state index contributed by atoms with van der Waals surface area (Å²) in [5.41, 5.74) is -5.98. The first kappa shape index (κ1) is 18.8. The van der Waals surface area contributed by atoms with E-state index in [1.807, 2.05) is 0 Å². The topological polar surface area (TPSA) is 116 Å². The second kappa shape index (κ2) is 6.07. The fraction of sp³-hybridized carbons (Fsp3) is 0.571. The van der Waals surface area contributed by atoms with Crippen molar-refractivity contribution in [3.05, 3.63) is 12.2 Å². The molecule has 0 heterocycles. The number of carbonyl (C=O) groups is 1. The first-order chi connectivity index (χ1) is 8.68. The molecular weight excluding hydrogens is 331 g/mol. The van der Waals surface area contributed by atoms with E-state index in [-0.39, 0.29) is 9.70 Å². The first-order valence-corrected chi connectivity index (χ1v) is 7.46. The Morgan fingerprint density at radius 3 is 2.05 bits per heavy atom. The number of halogens is 3. The lowest BCUT2D eigenvalue weighted by molar-refractivity contribution is -0.155. The third kappa shape index (κ3) is 5.85. The van der Waals surface area contributed by atoms with Crippen LogP contribution < -0.4 is 4.13 Å². The summed E-state index contributed by atoms with van der Waals surface area (Å²) in [4.78, 5) is 11.0. The zero-order valence-electron chi connectivity index (χ0n) is 10.1. The summed E-state index contributed by atoms with van der Waals surface area (Å²) in [6, 6.07) is 0. The second-order valence-corrected chi connectivity index (χ2v) is 6.57. The van der Waals surface area contributed by atoms with Crippen LogP contribution in [-0.4, -0.2) is 34.6 Å². The second-order valence-electron chi connectivity index (χ2n) is 3.34. The Morgan fingerprint density at radius 1 is 1.25 bits per heavy atom. The maximum atomic E-state index is 11.9. The van der Waals surface area contributed by atoms with Crippen molar-refractivity contribution in [1.29, 1.82) is 0 Å². The van der Waals surface area contributed by atoms with Crippen molar-refractivity contribution in [1.82, 2.24) is 4.13 Å². The van der Waals surface area contributed by atoms with Crippen LogP contribution in [0.25, 0.3) is 0 Å². The molecule has 0 bridgehead atoms. The van der Waals surface area contributed by atoms with E-state index < -0.39 is 38.1 Å². The lowest BCUT2D eigenvalue weighted by Crippen LogP contribution is -2.42. The molecule has 0 spiro atoms. The average Bonchev–Trinajstić information content (AvgIpc) is 2.11. The Morgan fingerprint density at radius 2 is 1.70 bits per heavy atom. The van der Waals surface area contributed by atoms with Gasteiger partial charge in [0.25, 0.3) is 0 Å². The Labute approximate surface area is 112 Å². The van der Waals surface area contributed by atoms with Crippen molar-refractivity contribution in [3.8, 4) is 0 Å². The average molecular weight is 341 g/mol. The minimum atomic E-state index is -6.17. The fourth-order valence-corrected chi connectivity index (χ4v) is 2.66. The number of ether oxygens (including phenoxy) is 1. The number of nitrogens with one attached hydrogen (secondary N) is 1. The number of hydrogen-bond donors (Lipinski definition) is 1. The molecule has 0 radical (unpaired) electrons. The van der Waals surface area contributed by atoms with Crippen molar-refractivity contribution >= 4 is 26.3 Å². The Hall–Kier alpha value is -1.18. The zero-order chi connectivity index (χ0) is 16.4. The van der Waals surface area contributed by atoms with Gasteiger partial charge in [0.1, 0.15) is 0 Å². The smallest absolute Gasteiger partial charge is 0.431 e. The fourth-order valence-electron chi connectivity index (χ4n) is 0.651. The van der Waals surface area contributed by atoms with Crippen LogP contribution in [0, 0.1) is 0 Å². The van der Waals surface area contributed by atoms with Gasteiger partial charge in [0.15, 0.2) is 0 Å². The van der Waals surface area contributed by atoms with Gasteiger partial charge in [0.2, 0.25) is 6.29 Å². The molecule has 0 amide bonds. The van der Waals surface area contributed by atoms with Crippen LogP contribution in [0.4, 0.5) is 13.2 Å². The maximum Gasteiger partial charge on any atom is 0.512 e. The number of rotatable bonds is 6. The minimum absolute atomic E-state index is 0.131. The lowest BCUT2D eigenvalue weighted by atomic mass is 10.4. The SMILES string of the molecule is C=C(C)C(=O)OC(C)OS(=O)(=O)NS(=O)(=O)C(F)(F)F. The van der Waals surface area contributed by atoms with Crippen molar-refractivity contribution in [2.45, 2.75) is 25.6 Å². The standard InChI is InChI=1S/C7H10F3NO7S2/c1-4(2)6(12)17-5(3)18-20(15,16)11-19(13,14)7(8,9)10/h5,11H,1H2,2-3H3. The third-order valence-electron chi connectivity index (χ3n) is 1.40. The minimum Gasteiger partial charge on any atom is -0.431 e. The zero-order valence-corrected chi connectivity index (χ0v) is 11.7. The van der Waals surface area contributed by atoms with Gasteiger partial charge in [-0.1, -0.05) is 10.7 Å². The third-order valence-corrected chi connectivity index (χ3v) is 4.23.